The minimum absolute atomic E-state index is 0.618. The number of fused-ring (bicyclic) bond motifs is 3. The summed E-state index contributed by atoms with van der Waals surface area (Å²) >= 11 is 0. The molecule has 0 amide bonds. The average Bonchev–Trinajstić information content (AvgIpc) is 3.05. The van der Waals surface area contributed by atoms with Crippen LogP contribution in [0.5, 0.6) is 0 Å². The van der Waals surface area contributed by atoms with Gasteiger partial charge in [0.15, 0.2) is 5.82 Å². The molecular formula is C26H20N4. The fourth-order valence-corrected chi connectivity index (χ4v) is 4.15. The van der Waals surface area contributed by atoms with Crippen LogP contribution in [-0.4, -0.2) is 14.5 Å². The Bertz CT molecular complexity index is 1460. The lowest BCUT2D eigenvalue weighted by atomic mass is 10.1. The van der Waals surface area contributed by atoms with Crippen molar-refractivity contribution in [2.24, 2.45) is 0 Å². The maximum Gasteiger partial charge on any atom is 0.159 e. The van der Waals surface area contributed by atoms with Gasteiger partial charge in [0.1, 0.15) is 6.07 Å². The third kappa shape index (κ3) is 2.84. The second-order valence-electron chi connectivity index (χ2n) is 7.69. The summed E-state index contributed by atoms with van der Waals surface area (Å²) in [4.78, 5) is 9.24. The van der Waals surface area contributed by atoms with E-state index in [1.54, 1.807) is 0 Å². The SMILES string of the molecule is Cc1ccc2c3ccccc3n(-c3cc(-c4nc(C)cc(C)n4)ccc3C#N)c2c1. The van der Waals surface area contributed by atoms with Gasteiger partial charge in [-0.05, 0) is 62.7 Å². The number of nitrogens with zero attached hydrogens (tertiary/aromatic N) is 4. The number of hydrogen-bond donors (Lipinski definition) is 0. The number of nitriles is 1. The Morgan fingerprint density at radius 2 is 1.50 bits per heavy atom. The number of benzene rings is 3. The van der Waals surface area contributed by atoms with Gasteiger partial charge in [-0.2, -0.15) is 5.26 Å². The second-order valence-corrected chi connectivity index (χ2v) is 7.69. The molecular weight excluding hydrogens is 368 g/mol. The third-order valence-electron chi connectivity index (χ3n) is 5.43. The first-order valence-corrected chi connectivity index (χ1v) is 9.92. The Balaban J connectivity index is 1.87. The van der Waals surface area contributed by atoms with Crippen LogP contribution in [0.25, 0.3) is 38.9 Å². The van der Waals surface area contributed by atoms with E-state index < -0.39 is 0 Å². The molecule has 0 spiro atoms. The summed E-state index contributed by atoms with van der Waals surface area (Å²) in [6, 6.07) is 24.9. The molecule has 0 radical (unpaired) electrons. The predicted octanol–water partition coefficient (Wildman–Crippen LogP) is 6.04. The average molecular weight is 388 g/mol. The monoisotopic (exact) mass is 388 g/mol. The van der Waals surface area contributed by atoms with Crippen LogP contribution in [0.4, 0.5) is 0 Å². The van der Waals surface area contributed by atoms with Crippen LogP contribution in [0.3, 0.4) is 0 Å². The molecule has 4 heteroatoms. The van der Waals surface area contributed by atoms with E-state index in [9.17, 15) is 5.26 Å². The first kappa shape index (κ1) is 18.1. The van der Waals surface area contributed by atoms with E-state index in [0.29, 0.717) is 11.4 Å². The van der Waals surface area contributed by atoms with Gasteiger partial charge in [-0.15, -0.1) is 0 Å². The molecule has 0 unspecified atom stereocenters. The lowest BCUT2D eigenvalue weighted by Gasteiger charge is -2.12. The fraction of sp³-hybridized carbons (Fsp3) is 0.115. The smallest absolute Gasteiger partial charge is 0.159 e. The summed E-state index contributed by atoms with van der Waals surface area (Å²) in [6.45, 7) is 6.03. The maximum absolute atomic E-state index is 9.87. The van der Waals surface area contributed by atoms with Crippen molar-refractivity contribution < 1.29 is 0 Å². The summed E-state index contributed by atoms with van der Waals surface area (Å²) < 4.78 is 2.18. The minimum Gasteiger partial charge on any atom is -0.308 e. The molecule has 3 aromatic carbocycles. The Labute approximate surface area is 175 Å². The van der Waals surface area contributed by atoms with E-state index in [1.807, 2.05) is 44.2 Å². The molecule has 4 nitrogen and oxygen atoms in total. The Morgan fingerprint density at radius 1 is 0.767 bits per heavy atom. The molecule has 0 fully saturated rings. The van der Waals surface area contributed by atoms with Crippen molar-refractivity contribution in [1.82, 2.24) is 14.5 Å². The highest BCUT2D eigenvalue weighted by Gasteiger charge is 2.16. The normalized spacial score (nSPS) is 11.1. The molecule has 30 heavy (non-hydrogen) atoms. The highest BCUT2D eigenvalue weighted by molar-refractivity contribution is 6.09. The van der Waals surface area contributed by atoms with Crippen LogP contribution < -0.4 is 0 Å². The molecule has 144 valence electrons. The summed E-state index contributed by atoms with van der Waals surface area (Å²) in [5.41, 5.74) is 7.56. The van der Waals surface area contributed by atoms with Crippen LogP contribution >= 0.6 is 0 Å². The third-order valence-corrected chi connectivity index (χ3v) is 5.43. The molecule has 0 aliphatic rings. The molecule has 0 N–H and O–H groups in total. The van der Waals surface area contributed by atoms with E-state index in [0.717, 1.165) is 33.7 Å². The van der Waals surface area contributed by atoms with Crippen molar-refractivity contribution in [3.63, 3.8) is 0 Å². The number of para-hydroxylation sites is 1. The van der Waals surface area contributed by atoms with Crippen LogP contribution in [0.1, 0.15) is 22.5 Å². The molecule has 5 rings (SSSR count). The van der Waals surface area contributed by atoms with E-state index in [2.05, 4.69) is 63.9 Å². The summed E-state index contributed by atoms with van der Waals surface area (Å²) in [5, 5.41) is 12.2. The Morgan fingerprint density at radius 3 is 2.27 bits per heavy atom. The van der Waals surface area contributed by atoms with Crippen molar-refractivity contribution in [3.8, 4) is 23.1 Å². The van der Waals surface area contributed by atoms with Crippen LogP contribution in [0, 0.1) is 32.1 Å². The molecule has 0 aliphatic carbocycles. The molecule has 0 aliphatic heterocycles. The van der Waals surface area contributed by atoms with Gasteiger partial charge in [0.25, 0.3) is 0 Å². The molecule has 2 heterocycles. The van der Waals surface area contributed by atoms with Crippen molar-refractivity contribution in [2.75, 3.05) is 0 Å². The van der Waals surface area contributed by atoms with Crippen LogP contribution in [-0.2, 0) is 0 Å². The Kier molecular flexibility index (Phi) is 4.11. The predicted molar refractivity (Wildman–Crippen MR) is 121 cm³/mol. The van der Waals surface area contributed by atoms with Gasteiger partial charge in [-0.1, -0.05) is 30.3 Å². The molecule has 0 atom stereocenters. The van der Waals surface area contributed by atoms with Gasteiger partial charge in [0.05, 0.1) is 22.3 Å². The molecule has 0 saturated carbocycles. The number of aromatic nitrogens is 3. The minimum atomic E-state index is 0.618. The fourth-order valence-electron chi connectivity index (χ4n) is 4.15. The van der Waals surface area contributed by atoms with Gasteiger partial charge in [0.2, 0.25) is 0 Å². The highest BCUT2D eigenvalue weighted by Crippen LogP contribution is 2.34. The zero-order valence-electron chi connectivity index (χ0n) is 17.1. The van der Waals surface area contributed by atoms with Gasteiger partial charge in [0, 0.05) is 27.7 Å². The van der Waals surface area contributed by atoms with Gasteiger partial charge in [-0.3, -0.25) is 0 Å². The van der Waals surface area contributed by atoms with Gasteiger partial charge >= 0.3 is 0 Å². The number of rotatable bonds is 2. The summed E-state index contributed by atoms with van der Waals surface area (Å²) in [5.74, 6) is 0.676. The van der Waals surface area contributed by atoms with Gasteiger partial charge in [-0.25, -0.2) is 9.97 Å². The standard InChI is InChI=1S/C26H20N4/c1-16-8-11-22-21-6-4-5-7-23(21)30(25(22)12-16)24-14-19(9-10-20(24)15-27)26-28-17(2)13-18(3)29-26/h4-14H,1-3H3. The molecule has 0 bridgehead atoms. The van der Waals surface area contributed by atoms with E-state index in [4.69, 9.17) is 0 Å². The van der Waals surface area contributed by atoms with Crippen molar-refractivity contribution in [1.29, 1.82) is 5.26 Å². The Hall–Kier alpha value is -3.97. The lowest BCUT2D eigenvalue weighted by molar-refractivity contribution is 1.06. The van der Waals surface area contributed by atoms with Crippen LogP contribution in [0.15, 0.2) is 66.7 Å². The second kappa shape index (κ2) is 6.82. The van der Waals surface area contributed by atoms with Crippen LogP contribution in [0.2, 0.25) is 0 Å². The lowest BCUT2D eigenvalue weighted by Crippen LogP contribution is -2.00. The zero-order chi connectivity index (χ0) is 20.8. The molecule has 0 saturated heterocycles. The molecule has 5 aromatic rings. The topological polar surface area (TPSA) is 54.5 Å². The number of aryl methyl sites for hydroxylation is 3. The summed E-state index contributed by atoms with van der Waals surface area (Å²) in [6.07, 6.45) is 0. The largest absolute Gasteiger partial charge is 0.308 e. The van der Waals surface area contributed by atoms with E-state index in [1.165, 1.54) is 16.3 Å². The maximum atomic E-state index is 9.87. The summed E-state index contributed by atoms with van der Waals surface area (Å²) in [7, 11) is 0. The molecule has 2 aromatic heterocycles. The van der Waals surface area contributed by atoms with E-state index in [-0.39, 0.29) is 0 Å². The van der Waals surface area contributed by atoms with E-state index >= 15 is 0 Å². The quantitative estimate of drug-likeness (QED) is 0.370. The van der Waals surface area contributed by atoms with Gasteiger partial charge < -0.3 is 4.57 Å². The number of hydrogen-bond acceptors (Lipinski definition) is 3. The van der Waals surface area contributed by atoms with Crippen molar-refractivity contribution >= 4 is 21.8 Å². The first-order chi connectivity index (χ1) is 14.5. The highest BCUT2D eigenvalue weighted by atomic mass is 15.0. The van der Waals surface area contributed by atoms with Crippen molar-refractivity contribution in [3.05, 3.63) is 89.2 Å². The zero-order valence-corrected chi connectivity index (χ0v) is 17.1. The first-order valence-electron chi connectivity index (χ1n) is 9.92. The van der Waals surface area contributed by atoms with Crippen molar-refractivity contribution in [2.45, 2.75) is 20.8 Å².